The van der Waals surface area contributed by atoms with Crippen molar-refractivity contribution >= 4 is 61.7 Å². The largest absolute Gasteiger partial charge is 2.00 e. The van der Waals surface area contributed by atoms with Crippen molar-refractivity contribution in [3.05, 3.63) is 12.2 Å². The van der Waals surface area contributed by atoms with Gasteiger partial charge in [0, 0.05) is 42.1 Å². The molecule has 0 heterocycles. The summed E-state index contributed by atoms with van der Waals surface area (Å²) in [7, 11) is -1.50. The summed E-state index contributed by atoms with van der Waals surface area (Å²) in [6, 6.07) is 0.611. The molecule has 0 rings (SSSR count). The molecule has 0 radical (unpaired) electrons. The van der Waals surface area contributed by atoms with E-state index in [1.807, 2.05) is 0 Å². The number of hydrogen-bond donors (Lipinski definition) is 0. The third-order valence-corrected chi connectivity index (χ3v) is 4.97. The Morgan fingerprint density at radius 2 is 1.57 bits per heavy atom. The Labute approximate surface area is 157 Å². The smallest absolute Gasteiger partial charge is 0.672 e. The maximum atomic E-state index is 11.1. The minimum absolute atomic E-state index is 0. The van der Waals surface area contributed by atoms with Crippen molar-refractivity contribution in [1.82, 2.24) is 0 Å². The van der Waals surface area contributed by atoms with Gasteiger partial charge in [0.15, 0.2) is 0 Å². The Bertz CT molecular complexity index is 310. The van der Waals surface area contributed by atoms with Crippen LogP contribution in [-0.2, 0) is 27.3 Å². The second kappa shape index (κ2) is 15.1. The van der Waals surface area contributed by atoms with Crippen LogP contribution in [0.3, 0.4) is 0 Å². The Hall–Kier alpha value is 0.184. The molecular formula is C10H20CaO8Si2. The zero-order valence-corrected chi connectivity index (χ0v) is 17.0. The van der Waals surface area contributed by atoms with Gasteiger partial charge in [-0.25, -0.2) is 4.79 Å². The standard InChI is InChI=1S/C10H20O5Si.Ca.O3Si/c1-9(2)10(11)15-7-6-8-16(12-3,13-4)14-5;;1-4(2)3/h1,6-8H2,2-5H3;;/q;+2;-2. The molecule has 118 valence electrons. The quantitative estimate of drug-likeness (QED) is 0.212. The zero-order chi connectivity index (χ0) is 16.2. The van der Waals surface area contributed by atoms with Crippen molar-refractivity contribution in [1.29, 1.82) is 0 Å². The predicted octanol–water partition coefficient (Wildman–Crippen LogP) is -1.88. The van der Waals surface area contributed by atoms with E-state index >= 15 is 0 Å². The van der Waals surface area contributed by atoms with Gasteiger partial charge in [-0.3, -0.25) is 0 Å². The molecule has 0 amide bonds. The summed E-state index contributed by atoms with van der Waals surface area (Å²) < 4.78 is 29.1. The van der Waals surface area contributed by atoms with Crippen LogP contribution >= 0.6 is 0 Å². The van der Waals surface area contributed by atoms with Crippen LogP contribution in [0.15, 0.2) is 12.2 Å². The number of hydrogen-bond acceptors (Lipinski definition) is 8. The molecule has 0 bridgehead atoms. The Morgan fingerprint density at radius 1 is 1.19 bits per heavy atom. The Kier molecular flexibility index (Phi) is 18.8. The molecule has 0 saturated carbocycles. The van der Waals surface area contributed by atoms with Crippen LogP contribution in [0.4, 0.5) is 0 Å². The van der Waals surface area contributed by atoms with Crippen LogP contribution in [0.25, 0.3) is 0 Å². The fourth-order valence-corrected chi connectivity index (χ4v) is 2.82. The number of carbonyl (C=O) groups excluding carboxylic acids is 1. The third kappa shape index (κ3) is 14.9. The predicted molar refractivity (Wildman–Crippen MR) is 74.2 cm³/mol. The first-order valence-corrected chi connectivity index (χ1v) is 8.76. The van der Waals surface area contributed by atoms with Gasteiger partial charge in [0.05, 0.1) is 6.61 Å². The fraction of sp³-hybridized carbons (Fsp3) is 0.700. The SMILES string of the molecule is C=C(C)C(=O)OCCC[Si](OC)(OC)OC.O=[Si]([O-])[O-].[Ca+2]. The van der Waals surface area contributed by atoms with E-state index in [0.717, 1.165) is 0 Å². The van der Waals surface area contributed by atoms with Gasteiger partial charge < -0.3 is 32.1 Å². The minimum atomic E-state index is -3.63. The molecular weight excluding hydrogens is 344 g/mol. The molecule has 0 atom stereocenters. The van der Waals surface area contributed by atoms with E-state index < -0.39 is 18.0 Å². The maximum Gasteiger partial charge on any atom is 2.00 e. The average molecular weight is 365 g/mol. The Morgan fingerprint density at radius 3 is 1.86 bits per heavy atom. The van der Waals surface area contributed by atoms with Gasteiger partial charge in [0.2, 0.25) is 0 Å². The fourth-order valence-electron chi connectivity index (χ4n) is 1.13. The van der Waals surface area contributed by atoms with Crippen molar-refractivity contribution in [2.75, 3.05) is 27.9 Å². The van der Waals surface area contributed by atoms with Crippen molar-refractivity contribution in [2.45, 2.75) is 19.4 Å². The topological polar surface area (TPSA) is 117 Å². The van der Waals surface area contributed by atoms with E-state index in [1.165, 1.54) is 0 Å². The van der Waals surface area contributed by atoms with E-state index in [4.69, 9.17) is 32.1 Å². The Balaban J connectivity index is -0.000000572. The summed E-state index contributed by atoms with van der Waals surface area (Å²) in [5, 5.41) is 0. The van der Waals surface area contributed by atoms with Gasteiger partial charge in [-0.1, -0.05) is 6.58 Å². The van der Waals surface area contributed by atoms with Gasteiger partial charge in [-0.2, -0.15) is 0 Å². The van der Waals surface area contributed by atoms with Gasteiger partial charge in [0.25, 0.3) is 0 Å². The first-order chi connectivity index (χ1) is 9.24. The molecule has 0 N–H and O–H groups in total. The van der Waals surface area contributed by atoms with Crippen LogP contribution in [0.2, 0.25) is 6.04 Å². The molecule has 0 aromatic carbocycles. The number of esters is 1. The summed E-state index contributed by atoms with van der Waals surface area (Å²) in [4.78, 5) is 28.1. The molecule has 0 aromatic heterocycles. The summed E-state index contributed by atoms with van der Waals surface area (Å²) in [5.41, 5.74) is 0.397. The van der Waals surface area contributed by atoms with Gasteiger partial charge in [-0.15, -0.1) is 0 Å². The molecule has 0 aliphatic carbocycles. The maximum absolute atomic E-state index is 11.1. The number of ether oxygens (including phenoxy) is 1. The molecule has 0 spiro atoms. The van der Waals surface area contributed by atoms with E-state index in [1.54, 1.807) is 28.3 Å². The number of rotatable bonds is 8. The molecule has 21 heavy (non-hydrogen) atoms. The molecule has 0 aliphatic heterocycles. The molecule has 0 aromatic rings. The summed E-state index contributed by atoms with van der Waals surface area (Å²) in [6.07, 6.45) is 0.640. The van der Waals surface area contributed by atoms with E-state index in [9.17, 15) is 4.79 Å². The van der Waals surface area contributed by atoms with Gasteiger partial charge in [-0.05, 0) is 13.3 Å². The van der Waals surface area contributed by atoms with Crippen molar-refractivity contribution in [3.8, 4) is 0 Å². The minimum Gasteiger partial charge on any atom is -0.672 e. The normalized spacial score (nSPS) is 9.71. The molecule has 8 nitrogen and oxygen atoms in total. The van der Waals surface area contributed by atoms with Crippen LogP contribution in [-0.4, -0.2) is 89.6 Å². The van der Waals surface area contributed by atoms with Crippen LogP contribution < -0.4 is 9.59 Å². The first kappa shape index (κ1) is 26.1. The van der Waals surface area contributed by atoms with E-state index in [-0.39, 0.29) is 43.7 Å². The molecule has 11 heteroatoms. The van der Waals surface area contributed by atoms with E-state index in [2.05, 4.69) is 6.58 Å². The summed E-state index contributed by atoms with van der Waals surface area (Å²) in [6.45, 7) is 5.42. The molecule has 0 unspecified atom stereocenters. The van der Waals surface area contributed by atoms with Crippen LogP contribution in [0.1, 0.15) is 13.3 Å². The van der Waals surface area contributed by atoms with Crippen LogP contribution in [0.5, 0.6) is 0 Å². The summed E-state index contributed by atoms with van der Waals surface area (Å²) in [5.74, 6) is -0.375. The number of carbonyl (C=O) groups is 1. The summed E-state index contributed by atoms with van der Waals surface area (Å²) >= 11 is 0. The first-order valence-electron chi connectivity index (χ1n) is 5.60. The van der Waals surface area contributed by atoms with Gasteiger partial charge >= 0.3 is 52.5 Å². The average Bonchev–Trinajstić information content (AvgIpc) is 2.39. The third-order valence-electron chi connectivity index (χ3n) is 2.14. The van der Waals surface area contributed by atoms with Gasteiger partial charge in [0.1, 0.15) is 0 Å². The van der Waals surface area contributed by atoms with Crippen molar-refractivity contribution in [3.63, 3.8) is 0 Å². The molecule has 0 aliphatic rings. The van der Waals surface area contributed by atoms with Crippen molar-refractivity contribution < 1.29 is 36.9 Å². The zero-order valence-electron chi connectivity index (χ0n) is 12.8. The van der Waals surface area contributed by atoms with Crippen molar-refractivity contribution in [2.24, 2.45) is 0 Å². The van der Waals surface area contributed by atoms with E-state index in [0.29, 0.717) is 24.6 Å². The molecule has 0 saturated heterocycles. The van der Waals surface area contributed by atoms with Crippen LogP contribution in [0, 0.1) is 0 Å². The second-order valence-corrected chi connectivity index (χ2v) is 7.16. The molecule has 0 fully saturated rings. The second-order valence-electron chi connectivity index (χ2n) is 3.57. The monoisotopic (exact) mass is 364 g/mol.